The van der Waals surface area contributed by atoms with Gasteiger partial charge in [-0.2, -0.15) is 0 Å². The van der Waals surface area contributed by atoms with E-state index in [4.69, 9.17) is 9.47 Å². The Balaban J connectivity index is 1.64. The molecule has 0 aliphatic carbocycles. The average molecular weight is 328 g/mol. The van der Waals surface area contributed by atoms with Gasteiger partial charge in [0.05, 0.1) is 19.3 Å². The first kappa shape index (κ1) is 16.7. The Morgan fingerprint density at radius 1 is 1.21 bits per heavy atom. The van der Waals surface area contributed by atoms with Gasteiger partial charge in [0.1, 0.15) is 18.0 Å². The monoisotopic (exact) mass is 328 g/mol. The van der Waals surface area contributed by atoms with Gasteiger partial charge in [0.25, 0.3) is 0 Å². The lowest BCUT2D eigenvalue weighted by molar-refractivity contribution is 0.0718. The topological polar surface area (TPSA) is 59.5 Å². The summed E-state index contributed by atoms with van der Waals surface area (Å²) in [5.41, 5.74) is 1.16. The van der Waals surface area contributed by atoms with E-state index in [1.54, 1.807) is 6.33 Å². The summed E-state index contributed by atoms with van der Waals surface area (Å²) in [5.74, 6) is 1.75. The molecular weight excluding hydrogens is 304 g/mol. The van der Waals surface area contributed by atoms with Gasteiger partial charge in [0.2, 0.25) is 0 Å². The molecule has 2 heterocycles. The highest BCUT2D eigenvalue weighted by molar-refractivity contribution is 5.48. The van der Waals surface area contributed by atoms with Crippen LogP contribution in [0, 0.1) is 0 Å². The van der Waals surface area contributed by atoms with Crippen molar-refractivity contribution in [2.45, 2.75) is 13.0 Å². The quantitative estimate of drug-likeness (QED) is 0.843. The molecule has 1 saturated heterocycles. The Kier molecular flexibility index (Phi) is 5.98. The predicted molar refractivity (Wildman–Crippen MR) is 94.4 cm³/mol. The van der Waals surface area contributed by atoms with E-state index < -0.39 is 0 Å². The fourth-order valence-electron chi connectivity index (χ4n) is 2.75. The molecule has 0 spiro atoms. The summed E-state index contributed by atoms with van der Waals surface area (Å²) in [6.45, 7) is 6.56. The summed E-state index contributed by atoms with van der Waals surface area (Å²) in [6, 6.07) is 12.2. The molecule has 1 aliphatic heterocycles. The molecule has 24 heavy (non-hydrogen) atoms. The summed E-state index contributed by atoms with van der Waals surface area (Å²) in [5, 5.41) is 3.37. The summed E-state index contributed by atoms with van der Waals surface area (Å²) in [4.78, 5) is 10.9. The molecule has 1 aromatic carbocycles. The molecule has 6 heteroatoms. The predicted octanol–water partition coefficient (Wildman–Crippen LogP) is 2.50. The maximum atomic E-state index is 5.86. The molecule has 2 aromatic rings. The number of nitrogens with one attached hydrogen (secondary N) is 1. The van der Waals surface area contributed by atoms with Crippen LogP contribution in [-0.4, -0.2) is 49.4 Å². The lowest BCUT2D eigenvalue weighted by Crippen LogP contribution is -2.36. The van der Waals surface area contributed by atoms with Gasteiger partial charge in [-0.05, 0) is 12.5 Å². The van der Waals surface area contributed by atoms with E-state index in [-0.39, 0.29) is 6.10 Å². The van der Waals surface area contributed by atoms with Crippen molar-refractivity contribution in [1.82, 2.24) is 9.97 Å². The third-order valence-corrected chi connectivity index (χ3v) is 4.00. The van der Waals surface area contributed by atoms with Crippen molar-refractivity contribution in [1.29, 1.82) is 0 Å². The van der Waals surface area contributed by atoms with Gasteiger partial charge in [-0.3, -0.25) is 0 Å². The van der Waals surface area contributed by atoms with Crippen LogP contribution in [0.2, 0.25) is 0 Å². The van der Waals surface area contributed by atoms with Crippen LogP contribution in [0.1, 0.15) is 18.6 Å². The van der Waals surface area contributed by atoms with E-state index in [1.807, 2.05) is 31.2 Å². The van der Waals surface area contributed by atoms with Crippen molar-refractivity contribution in [3.63, 3.8) is 0 Å². The highest BCUT2D eigenvalue weighted by Crippen LogP contribution is 2.19. The van der Waals surface area contributed by atoms with Crippen LogP contribution in [0.3, 0.4) is 0 Å². The Labute approximate surface area is 142 Å². The SMILES string of the molecule is CCOC(CNc1cc(N2CCOCC2)ncn1)c1ccccc1. The van der Waals surface area contributed by atoms with Crippen molar-refractivity contribution >= 4 is 11.6 Å². The second kappa shape index (κ2) is 8.61. The normalized spacial score (nSPS) is 16.0. The average Bonchev–Trinajstić information content (AvgIpc) is 2.67. The molecule has 0 saturated carbocycles. The lowest BCUT2D eigenvalue weighted by Gasteiger charge is -2.28. The fraction of sp³-hybridized carbons (Fsp3) is 0.444. The highest BCUT2D eigenvalue weighted by Gasteiger charge is 2.14. The maximum absolute atomic E-state index is 5.86. The molecule has 128 valence electrons. The van der Waals surface area contributed by atoms with Crippen molar-refractivity contribution in [2.24, 2.45) is 0 Å². The number of hydrogen-bond acceptors (Lipinski definition) is 6. The molecule has 0 amide bonds. The number of morpholine rings is 1. The van der Waals surface area contributed by atoms with Crippen molar-refractivity contribution in [3.05, 3.63) is 48.3 Å². The molecular formula is C18H24N4O2. The first-order valence-electron chi connectivity index (χ1n) is 8.42. The third kappa shape index (κ3) is 4.43. The van der Waals surface area contributed by atoms with Crippen LogP contribution in [0.5, 0.6) is 0 Å². The van der Waals surface area contributed by atoms with Crippen molar-refractivity contribution in [3.8, 4) is 0 Å². The first-order valence-corrected chi connectivity index (χ1v) is 8.42. The zero-order chi connectivity index (χ0) is 16.6. The molecule has 0 bridgehead atoms. The molecule has 1 aromatic heterocycles. The molecule has 6 nitrogen and oxygen atoms in total. The Morgan fingerprint density at radius 3 is 2.75 bits per heavy atom. The van der Waals surface area contributed by atoms with E-state index in [1.165, 1.54) is 0 Å². The minimum absolute atomic E-state index is 0.00185. The van der Waals surface area contributed by atoms with Crippen LogP contribution in [0.4, 0.5) is 11.6 Å². The minimum atomic E-state index is -0.00185. The lowest BCUT2D eigenvalue weighted by atomic mass is 10.1. The minimum Gasteiger partial charge on any atom is -0.378 e. The summed E-state index contributed by atoms with van der Waals surface area (Å²) >= 11 is 0. The number of benzene rings is 1. The maximum Gasteiger partial charge on any atom is 0.134 e. The first-order chi connectivity index (χ1) is 11.9. The summed E-state index contributed by atoms with van der Waals surface area (Å²) < 4.78 is 11.3. The van der Waals surface area contributed by atoms with E-state index in [0.29, 0.717) is 13.2 Å². The Morgan fingerprint density at radius 2 is 2.00 bits per heavy atom. The summed E-state index contributed by atoms with van der Waals surface area (Å²) in [7, 11) is 0. The van der Waals surface area contributed by atoms with Gasteiger partial charge >= 0.3 is 0 Å². The van der Waals surface area contributed by atoms with Crippen LogP contribution < -0.4 is 10.2 Å². The van der Waals surface area contributed by atoms with Gasteiger partial charge in [-0.15, -0.1) is 0 Å². The molecule has 0 radical (unpaired) electrons. The fourth-order valence-corrected chi connectivity index (χ4v) is 2.75. The number of aromatic nitrogens is 2. The molecule has 1 atom stereocenters. The van der Waals surface area contributed by atoms with E-state index in [9.17, 15) is 0 Å². The molecule has 1 aliphatic rings. The van der Waals surface area contributed by atoms with Gasteiger partial charge < -0.3 is 19.7 Å². The molecule has 1 fully saturated rings. The highest BCUT2D eigenvalue weighted by atomic mass is 16.5. The number of ether oxygens (including phenoxy) is 2. The second-order valence-corrected chi connectivity index (χ2v) is 5.60. The zero-order valence-electron chi connectivity index (χ0n) is 14.0. The van der Waals surface area contributed by atoms with E-state index in [0.717, 1.165) is 43.5 Å². The smallest absolute Gasteiger partial charge is 0.134 e. The van der Waals surface area contributed by atoms with Gasteiger partial charge in [0, 0.05) is 32.3 Å². The van der Waals surface area contributed by atoms with Gasteiger partial charge in [0.15, 0.2) is 0 Å². The number of rotatable bonds is 7. The number of nitrogens with zero attached hydrogens (tertiary/aromatic N) is 3. The van der Waals surface area contributed by atoms with Crippen LogP contribution >= 0.6 is 0 Å². The van der Waals surface area contributed by atoms with E-state index in [2.05, 4.69) is 32.3 Å². The van der Waals surface area contributed by atoms with E-state index >= 15 is 0 Å². The van der Waals surface area contributed by atoms with Gasteiger partial charge in [-0.1, -0.05) is 30.3 Å². The van der Waals surface area contributed by atoms with Crippen LogP contribution in [-0.2, 0) is 9.47 Å². The molecule has 1 unspecified atom stereocenters. The standard InChI is InChI=1S/C18H24N4O2/c1-2-24-16(15-6-4-3-5-7-15)13-19-17-12-18(21-14-20-17)22-8-10-23-11-9-22/h3-7,12,14,16H,2,8-11,13H2,1H3,(H,19,20,21). The van der Waals surface area contributed by atoms with Crippen LogP contribution in [0.25, 0.3) is 0 Å². The summed E-state index contributed by atoms with van der Waals surface area (Å²) in [6.07, 6.45) is 1.60. The Bertz CT molecular complexity index is 617. The van der Waals surface area contributed by atoms with Crippen molar-refractivity contribution in [2.75, 3.05) is 49.7 Å². The third-order valence-electron chi connectivity index (χ3n) is 4.00. The number of hydrogen-bond donors (Lipinski definition) is 1. The Hall–Kier alpha value is -2.18. The van der Waals surface area contributed by atoms with Crippen molar-refractivity contribution < 1.29 is 9.47 Å². The molecule has 3 rings (SSSR count). The second-order valence-electron chi connectivity index (χ2n) is 5.60. The van der Waals surface area contributed by atoms with Gasteiger partial charge in [-0.25, -0.2) is 9.97 Å². The zero-order valence-corrected chi connectivity index (χ0v) is 14.0. The van der Waals surface area contributed by atoms with Crippen LogP contribution in [0.15, 0.2) is 42.7 Å². The number of anilines is 2. The molecule has 1 N–H and O–H groups in total. The largest absolute Gasteiger partial charge is 0.378 e.